The first-order valence-corrected chi connectivity index (χ1v) is 9.75. The predicted octanol–water partition coefficient (Wildman–Crippen LogP) is 3.41. The molecule has 7 heteroatoms. The van der Waals surface area contributed by atoms with Gasteiger partial charge in [0.05, 0.1) is 4.90 Å². The van der Waals surface area contributed by atoms with Crippen LogP contribution in [0.2, 0.25) is 0 Å². The van der Waals surface area contributed by atoms with Crippen LogP contribution < -0.4 is 5.32 Å². The fraction of sp³-hybridized carbons (Fsp3) is 0.235. The van der Waals surface area contributed by atoms with Crippen LogP contribution >= 0.6 is 22.6 Å². The number of hydrogen-bond acceptors (Lipinski definition) is 3. The standard InChI is InChI=1S/C17H19IN2O3S/c1-11-9-13(10-16(12(11)2)24(22,23)20(3)4)17(21)19-15-7-5-14(18)6-8-15/h5-10H,1-4H3,(H,19,21). The third kappa shape index (κ3) is 3.96. The molecule has 0 bridgehead atoms. The first-order valence-electron chi connectivity index (χ1n) is 7.23. The summed E-state index contributed by atoms with van der Waals surface area (Å²) in [6.45, 7) is 3.54. The highest BCUT2D eigenvalue weighted by Crippen LogP contribution is 2.24. The molecule has 0 atom stereocenters. The molecule has 0 unspecified atom stereocenters. The molecule has 5 nitrogen and oxygen atoms in total. The summed E-state index contributed by atoms with van der Waals surface area (Å²) in [7, 11) is -0.663. The second-order valence-corrected chi connectivity index (χ2v) is 9.03. The lowest BCUT2D eigenvalue weighted by Gasteiger charge is -2.16. The monoisotopic (exact) mass is 458 g/mol. The molecular weight excluding hydrogens is 439 g/mol. The fourth-order valence-corrected chi connectivity index (χ4v) is 3.74. The lowest BCUT2D eigenvalue weighted by Crippen LogP contribution is -2.24. The molecule has 2 aromatic carbocycles. The summed E-state index contributed by atoms with van der Waals surface area (Å²) in [5, 5.41) is 2.79. The quantitative estimate of drug-likeness (QED) is 0.715. The van der Waals surface area contributed by atoms with E-state index in [1.165, 1.54) is 20.2 Å². The van der Waals surface area contributed by atoms with E-state index in [-0.39, 0.29) is 10.8 Å². The number of hydrogen-bond donors (Lipinski definition) is 1. The number of anilines is 1. The Balaban J connectivity index is 2.42. The van der Waals surface area contributed by atoms with Crippen LogP contribution in [0.5, 0.6) is 0 Å². The van der Waals surface area contributed by atoms with Crippen molar-refractivity contribution < 1.29 is 13.2 Å². The maximum atomic E-state index is 12.5. The van der Waals surface area contributed by atoms with Gasteiger partial charge in [-0.2, -0.15) is 0 Å². The van der Waals surface area contributed by atoms with Crippen LogP contribution in [0.3, 0.4) is 0 Å². The van der Waals surface area contributed by atoms with Gasteiger partial charge in [0, 0.05) is 28.9 Å². The molecule has 0 radical (unpaired) electrons. The molecule has 0 aliphatic rings. The number of nitrogens with one attached hydrogen (secondary N) is 1. The highest BCUT2D eigenvalue weighted by molar-refractivity contribution is 14.1. The van der Waals surface area contributed by atoms with Crippen molar-refractivity contribution in [2.24, 2.45) is 0 Å². The Hall–Kier alpha value is -1.45. The molecule has 128 valence electrons. The van der Waals surface area contributed by atoms with Gasteiger partial charge in [-0.3, -0.25) is 4.79 Å². The van der Waals surface area contributed by atoms with Crippen molar-refractivity contribution in [1.29, 1.82) is 0 Å². The molecule has 0 saturated heterocycles. The van der Waals surface area contributed by atoms with Gasteiger partial charge in [-0.25, -0.2) is 12.7 Å². The molecule has 0 aliphatic carbocycles. The van der Waals surface area contributed by atoms with E-state index in [0.717, 1.165) is 13.4 Å². The molecule has 0 heterocycles. The second-order valence-electron chi connectivity index (χ2n) is 5.66. The number of aryl methyl sites for hydroxylation is 1. The van der Waals surface area contributed by atoms with E-state index in [9.17, 15) is 13.2 Å². The van der Waals surface area contributed by atoms with Gasteiger partial charge in [0.15, 0.2) is 0 Å². The summed E-state index contributed by atoms with van der Waals surface area (Å²) in [6.07, 6.45) is 0. The minimum Gasteiger partial charge on any atom is -0.322 e. The van der Waals surface area contributed by atoms with Crippen molar-refractivity contribution in [3.05, 3.63) is 56.7 Å². The minimum absolute atomic E-state index is 0.153. The smallest absolute Gasteiger partial charge is 0.255 e. The van der Waals surface area contributed by atoms with Crippen LogP contribution in [0.1, 0.15) is 21.5 Å². The number of benzene rings is 2. The summed E-state index contributed by atoms with van der Waals surface area (Å²) < 4.78 is 27.2. The van der Waals surface area contributed by atoms with Crippen LogP contribution in [0, 0.1) is 17.4 Å². The lowest BCUT2D eigenvalue weighted by molar-refractivity contribution is 0.102. The van der Waals surface area contributed by atoms with E-state index in [0.29, 0.717) is 16.8 Å². The zero-order valence-electron chi connectivity index (χ0n) is 13.9. The summed E-state index contributed by atoms with van der Waals surface area (Å²) in [6, 6.07) is 10.5. The Morgan fingerprint density at radius 3 is 2.21 bits per heavy atom. The summed E-state index contributed by atoms with van der Waals surface area (Å²) in [4.78, 5) is 12.6. The summed E-state index contributed by atoms with van der Waals surface area (Å²) >= 11 is 2.18. The SMILES string of the molecule is Cc1cc(C(=O)Nc2ccc(I)cc2)cc(S(=O)(=O)N(C)C)c1C. The second kappa shape index (κ2) is 7.20. The van der Waals surface area contributed by atoms with Gasteiger partial charge in [-0.1, -0.05) is 0 Å². The van der Waals surface area contributed by atoms with E-state index in [4.69, 9.17) is 0 Å². The molecular formula is C17H19IN2O3S. The van der Waals surface area contributed by atoms with Gasteiger partial charge in [0.25, 0.3) is 5.91 Å². The number of nitrogens with zero attached hydrogens (tertiary/aromatic N) is 1. The molecule has 0 aromatic heterocycles. The molecule has 1 N–H and O–H groups in total. The number of carbonyl (C=O) groups is 1. The highest BCUT2D eigenvalue weighted by Gasteiger charge is 2.23. The largest absolute Gasteiger partial charge is 0.322 e. The van der Waals surface area contributed by atoms with E-state index < -0.39 is 10.0 Å². The molecule has 0 aliphatic heterocycles. The van der Waals surface area contributed by atoms with E-state index >= 15 is 0 Å². The van der Waals surface area contributed by atoms with Crippen LogP contribution in [0.4, 0.5) is 5.69 Å². The van der Waals surface area contributed by atoms with Gasteiger partial charge in [-0.05, 0) is 84.0 Å². The van der Waals surface area contributed by atoms with Gasteiger partial charge >= 0.3 is 0 Å². The minimum atomic E-state index is -3.61. The van der Waals surface area contributed by atoms with E-state index in [2.05, 4.69) is 27.9 Å². The van der Waals surface area contributed by atoms with Crippen molar-refractivity contribution in [2.45, 2.75) is 18.7 Å². The van der Waals surface area contributed by atoms with Crippen molar-refractivity contribution in [3.8, 4) is 0 Å². The Labute approximate surface area is 156 Å². The third-order valence-corrected chi connectivity index (χ3v) is 6.40. The third-order valence-electron chi connectivity index (χ3n) is 3.74. The average molecular weight is 458 g/mol. The number of rotatable bonds is 4. The molecule has 0 saturated carbocycles. The Kier molecular flexibility index (Phi) is 5.67. The van der Waals surface area contributed by atoms with Crippen LogP contribution in [0.25, 0.3) is 0 Å². The maximum absolute atomic E-state index is 12.5. The molecule has 2 aromatic rings. The summed E-state index contributed by atoms with van der Waals surface area (Å²) in [5.74, 6) is -0.338. The van der Waals surface area contributed by atoms with Crippen LogP contribution in [0.15, 0.2) is 41.3 Å². The van der Waals surface area contributed by atoms with E-state index in [1.54, 1.807) is 32.0 Å². The Morgan fingerprint density at radius 1 is 1.08 bits per heavy atom. The molecule has 1 amide bonds. The normalized spacial score (nSPS) is 11.6. The van der Waals surface area contributed by atoms with Crippen molar-refractivity contribution >= 4 is 44.2 Å². The molecule has 0 spiro atoms. The van der Waals surface area contributed by atoms with Crippen molar-refractivity contribution in [2.75, 3.05) is 19.4 Å². The van der Waals surface area contributed by atoms with E-state index in [1.807, 2.05) is 12.1 Å². The number of sulfonamides is 1. The van der Waals surface area contributed by atoms with Crippen molar-refractivity contribution in [3.63, 3.8) is 0 Å². The molecule has 2 rings (SSSR count). The van der Waals surface area contributed by atoms with Gasteiger partial charge in [0.1, 0.15) is 0 Å². The molecule has 0 fully saturated rings. The zero-order chi connectivity index (χ0) is 18.1. The zero-order valence-corrected chi connectivity index (χ0v) is 16.9. The fourth-order valence-electron chi connectivity index (χ4n) is 2.16. The van der Waals surface area contributed by atoms with Gasteiger partial charge in [0.2, 0.25) is 10.0 Å². The summed E-state index contributed by atoms with van der Waals surface area (Å²) in [5.41, 5.74) is 2.38. The molecule has 24 heavy (non-hydrogen) atoms. The Morgan fingerprint density at radius 2 is 1.67 bits per heavy atom. The Bertz CT molecular complexity index is 875. The predicted molar refractivity (Wildman–Crippen MR) is 104 cm³/mol. The lowest BCUT2D eigenvalue weighted by atomic mass is 10.1. The van der Waals surface area contributed by atoms with Gasteiger partial charge < -0.3 is 5.32 Å². The van der Waals surface area contributed by atoms with Crippen molar-refractivity contribution in [1.82, 2.24) is 4.31 Å². The number of carbonyl (C=O) groups excluding carboxylic acids is 1. The van der Waals surface area contributed by atoms with Gasteiger partial charge in [-0.15, -0.1) is 0 Å². The van der Waals surface area contributed by atoms with Crippen LogP contribution in [-0.2, 0) is 10.0 Å². The highest BCUT2D eigenvalue weighted by atomic mass is 127. The number of amides is 1. The topological polar surface area (TPSA) is 66.5 Å². The first kappa shape index (κ1) is 18.9. The van der Waals surface area contributed by atoms with Crippen LogP contribution in [-0.4, -0.2) is 32.7 Å². The maximum Gasteiger partial charge on any atom is 0.255 e. The average Bonchev–Trinajstić information content (AvgIpc) is 2.51. The first-order chi connectivity index (χ1) is 11.1. The number of halogens is 1.